The highest BCUT2D eigenvalue weighted by Crippen LogP contribution is 2.33. The molecule has 0 fully saturated rings. The maximum atomic E-state index is 11.9. The number of nitrogens with one attached hydrogen (secondary N) is 1. The first-order chi connectivity index (χ1) is 10.1. The van der Waals surface area contributed by atoms with Gasteiger partial charge in [0.15, 0.2) is 0 Å². The van der Waals surface area contributed by atoms with Crippen LogP contribution in [0.2, 0.25) is 10.0 Å². The molecule has 0 unspecified atom stereocenters. The third kappa shape index (κ3) is 5.64. The van der Waals surface area contributed by atoms with Gasteiger partial charge in [0.1, 0.15) is 6.54 Å². The summed E-state index contributed by atoms with van der Waals surface area (Å²) in [6.45, 7) is 0.724. The number of halogens is 2. The van der Waals surface area contributed by atoms with Crippen LogP contribution < -0.4 is 9.62 Å². The zero-order chi connectivity index (χ0) is 16.9. The summed E-state index contributed by atoms with van der Waals surface area (Å²) in [5.74, 6) is -0.414. The Morgan fingerprint density at radius 2 is 1.91 bits per heavy atom. The Morgan fingerprint density at radius 1 is 1.27 bits per heavy atom. The lowest BCUT2D eigenvalue weighted by Gasteiger charge is -2.23. The van der Waals surface area contributed by atoms with Gasteiger partial charge in [-0.1, -0.05) is 29.3 Å². The van der Waals surface area contributed by atoms with Gasteiger partial charge >= 0.3 is 0 Å². The number of likely N-dealkylation sites (N-methyl/N-ethyl adjacent to an activating group) is 1. The quantitative estimate of drug-likeness (QED) is 0.791. The number of sulfonamides is 1. The van der Waals surface area contributed by atoms with Crippen molar-refractivity contribution in [2.24, 2.45) is 0 Å². The number of carbonyl (C=O) groups is 1. The van der Waals surface area contributed by atoms with E-state index in [1.165, 1.54) is 6.07 Å². The van der Waals surface area contributed by atoms with Crippen molar-refractivity contribution < 1.29 is 13.2 Å². The molecule has 1 N–H and O–H groups in total. The average molecular weight is 368 g/mol. The topological polar surface area (TPSA) is 69.7 Å². The minimum Gasteiger partial charge on any atom is -0.353 e. The molecule has 0 saturated carbocycles. The number of benzene rings is 1. The molecule has 0 atom stereocenters. The third-order valence-corrected chi connectivity index (χ3v) is 4.70. The predicted molar refractivity (Wildman–Crippen MR) is 90.2 cm³/mol. The minimum atomic E-state index is -3.67. The zero-order valence-electron chi connectivity index (χ0n) is 12.6. The van der Waals surface area contributed by atoms with Gasteiger partial charge in [0.2, 0.25) is 15.9 Å². The zero-order valence-corrected chi connectivity index (χ0v) is 15.0. The van der Waals surface area contributed by atoms with Crippen LogP contribution in [0.4, 0.5) is 5.69 Å². The second-order valence-electron chi connectivity index (χ2n) is 5.00. The van der Waals surface area contributed by atoms with Crippen LogP contribution in [0.3, 0.4) is 0 Å². The molecule has 0 aliphatic heterocycles. The number of hydrogen-bond acceptors (Lipinski definition) is 4. The van der Waals surface area contributed by atoms with E-state index in [1.54, 1.807) is 12.1 Å². The summed E-state index contributed by atoms with van der Waals surface area (Å²) >= 11 is 12.0. The number of amides is 1. The molecule has 0 saturated heterocycles. The molecule has 0 heterocycles. The summed E-state index contributed by atoms with van der Waals surface area (Å²) in [5.41, 5.74) is 0.180. The summed E-state index contributed by atoms with van der Waals surface area (Å²) in [7, 11) is 0.0767. The van der Waals surface area contributed by atoms with Gasteiger partial charge in [-0.15, -0.1) is 0 Å². The maximum absolute atomic E-state index is 11.9. The standard InChI is InChI=1S/C13H19Cl2N3O3S/c1-17(2)8-7-16-12(19)9-18(22(3,20)21)11-6-4-5-10(14)13(11)15/h4-6H,7-9H2,1-3H3,(H,16,19). The van der Waals surface area contributed by atoms with Crippen molar-refractivity contribution in [1.29, 1.82) is 0 Å². The van der Waals surface area contributed by atoms with Crippen molar-refractivity contribution in [3.8, 4) is 0 Å². The molecule has 22 heavy (non-hydrogen) atoms. The highest BCUT2D eigenvalue weighted by Gasteiger charge is 2.23. The molecule has 9 heteroatoms. The second-order valence-corrected chi connectivity index (χ2v) is 7.69. The molecule has 1 aromatic rings. The normalized spacial score (nSPS) is 11.5. The van der Waals surface area contributed by atoms with Crippen molar-refractivity contribution >= 4 is 44.8 Å². The molecular formula is C13H19Cl2N3O3S. The first kappa shape index (κ1) is 19.0. The maximum Gasteiger partial charge on any atom is 0.240 e. The Morgan fingerprint density at radius 3 is 2.45 bits per heavy atom. The van der Waals surface area contributed by atoms with Crippen molar-refractivity contribution in [2.75, 3.05) is 44.3 Å². The number of anilines is 1. The lowest BCUT2D eigenvalue weighted by molar-refractivity contribution is -0.119. The van der Waals surface area contributed by atoms with Gasteiger partial charge in [-0.2, -0.15) is 0 Å². The van der Waals surface area contributed by atoms with Gasteiger partial charge < -0.3 is 10.2 Å². The van der Waals surface area contributed by atoms with Gasteiger partial charge in [0.05, 0.1) is 22.0 Å². The van der Waals surface area contributed by atoms with E-state index in [4.69, 9.17) is 23.2 Å². The van der Waals surface area contributed by atoms with Crippen LogP contribution in [-0.4, -0.2) is 59.2 Å². The van der Waals surface area contributed by atoms with E-state index < -0.39 is 15.9 Å². The summed E-state index contributed by atoms with van der Waals surface area (Å²) in [6, 6.07) is 4.62. The van der Waals surface area contributed by atoms with Gasteiger partial charge in [0, 0.05) is 13.1 Å². The molecule has 0 aromatic heterocycles. The van der Waals surface area contributed by atoms with Gasteiger partial charge in [-0.3, -0.25) is 9.10 Å². The van der Waals surface area contributed by atoms with Crippen LogP contribution in [-0.2, 0) is 14.8 Å². The number of rotatable bonds is 7. The van der Waals surface area contributed by atoms with Crippen LogP contribution in [0.5, 0.6) is 0 Å². The summed E-state index contributed by atoms with van der Waals surface area (Å²) in [4.78, 5) is 13.8. The van der Waals surface area contributed by atoms with E-state index in [-0.39, 0.29) is 22.3 Å². The summed E-state index contributed by atoms with van der Waals surface area (Å²) in [6.07, 6.45) is 1.01. The van der Waals surface area contributed by atoms with Crippen molar-refractivity contribution in [3.63, 3.8) is 0 Å². The van der Waals surface area contributed by atoms with Crippen LogP contribution in [0.1, 0.15) is 0 Å². The van der Waals surface area contributed by atoms with Gasteiger partial charge in [0.25, 0.3) is 0 Å². The fourth-order valence-electron chi connectivity index (χ4n) is 1.67. The van der Waals surface area contributed by atoms with Crippen LogP contribution >= 0.6 is 23.2 Å². The van der Waals surface area contributed by atoms with Crippen molar-refractivity contribution in [2.45, 2.75) is 0 Å². The Kier molecular flexibility index (Phi) is 6.93. The summed E-state index contributed by atoms with van der Waals surface area (Å²) in [5, 5.41) is 2.97. The lowest BCUT2D eigenvalue weighted by Crippen LogP contribution is -2.42. The predicted octanol–water partition coefficient (Wildman–Crippen LogP) is 1.44. The van der Waals surface area contributed by atoms with E-state index in [2.05, 4.69) is 5.32 Å². The molecule has 0 bridgehead atoms. The Balaban J connectivity index is 2.92. The third-order valence-electron chi connectivity index (χ3n) is 2.77. The molecule has 124 valence electrons. The van der Waals surface area contributed by atoms with E-state index in [9.17, 15) is 13.2 Å². The Hall–Kier alpha value is -1.02. The van der Waals surface area contributed by atoms with Gasteiger partial charge in [-0.05, 0) is 26.2 Å². The fraction of sp³-hybridized carbons (Fsp3) is 0.462. The SMILES string of the molecule is CN(C)CCNC(=O)CN(c1cccc(Cl)c1Cl)S(C)(=O)=O. The fourth-order valence-corrected chi connectivity index (χ4v) is 2.98. The van der Waals surface area contributed by atoms with E-state index in [0.717, 1.165) is 10.6 Å². The van der Waals surface area contributed by atoms with E-state index in [1.807, 2.05) is 19.0 Å². The first-order valence-corrected chi connectivity index (χ1v) is 9.06. The summed E-state index contributed by atoms with van der Waals surface area (Å²) < 4.78 is 24.8. The monoisotopic (exact) mass is 367 g/mol. The first-order valence-electron chi connectivity index (χ1n) is 6.46. The van der Waals surface area contributed by atoms with Crippen molar-refractivity contribution in [1.82, 2.24) is 10.2 Å². The number of hydrogen-bond donors (Lipinski definition) is 1. The molecule has 1 amide bonds. The molecule has 0 aliphatic rings. The average Bonchev–Trinajstić information content (AvgIpc) is 2.38. The Bertz CT molecular complexity index is 635. The lowest BCUT2D eigenvalue weighted by atomic mass is 10.3. The van der Waals surface area contributed by atoms with E-state index >= 15 is 0 Å². The van der Waals surface area contributed by atoms with Crippen LogP contribution in [0.25, 0.3) is 0 Å². The molecule has 0 aliphatic carbocycles. The van der Waals surface area contributed by atoms with Gasteiger partial charge in [-0.25, -0.2) is 8.42 Å². The van der Waals surface area contributed by atoms with E-state index in [0.29, 0.717) is 13.1 Å². The van der Waals surface area contributed by atoms with Crippen molar-refractivity contribution in [3.05, 3.63) is 28.2 Å². The minimum absolute atomic E-state index is 0.0932. The molecule has 6 nitrogen and oxygen atoms in total. The number of nitrogens with zero attached hydrogens (tertiary/aromatic N) is 2. The van der Waals surface area contributed by atoms with Crippen LogP contribution in [0, 0.1) is 0 Å². The number of carbonyl (C=O) groups excluding carboxylic acids is 1. The molecular weight excluding hydrogens is 349 g/mol. The van der Waals surface area contributed by atoms with Crippen LogP contribution in [0.15, 0.2) is 18.2 Å². The molecule has 1 rings (SSSR count). The molecule has 1 aromatic carbocycles. The highest BCUT2D eigenvalue weighted by molar-refractivity contribution is 7.92. The smallest absolute Gasteiger partial charge is 0.240 e. The Labute approximate surface area is 141 Å². The largest absolute Gasteiger partial charge is 0.353 e. The second kappa shape index (κ2) is 8.01. The molecule has 0 spiro atoms. The molecule has 0 radical (unpaired) electrons. The highest BCUT2D eigenvalue weighted by atomic mass is 35.5.